The molecule has 13 heavy (non-hydrogen) atoms. The molecule has 0 aliphatic carbocycles. The molecule has 0 fully saturated rings. The van der Waals surface area contributed by atoms with Gasteiger partial charge in [0.15, 0.2) is 5.82 Å². The number of aromatic nitrogens is 4. The van der Waals surface area contributed by atoms with Crippen molar-refractivity contribution in [3.63, 3.8) is 0 Å². The minimum Gasteiger partial charge on any atom is -0.289 e. The molecule has 0 atom stereocenters. The fourth-order valence-corrected chi connectivity index (χ4v) is 1.15. The monoisotopic (exact) mass is 174 g/mol. The van der Waals surface area contributed by atoms with Crippen molar-refractivity contribution in [1.82, 2.24) is 19.5 Å². The van der Waals surface area contributed by atoms with Crippen LogP contribution in [0.25, 0.3) is 5.82 Å². The highest BCUT2D eigenvalue weighted by Gasteiger charge is 2.02. The maximum absolute atomic E-state index is 4.38. The van der Waals surface area contributed by atoms with Crippen LogP contribution in [0.1, 0.15) is 11.4 Å². The van der Waals surface area contributed by atoms with Crippen LogP contribution in [0.15, 0.2) is 24.9 Å². The highest BCUT2D eigenvalue weighted by molar-refractivity contribution is 5.27. The lowest BCUT2D eigenvalue weighted by Gasteiger charge is -2.04. The lowest BCUT2D eigenvalue weighted by Crippen LogP contribution is -2.01. The molecule has 0 aliphatic rings. The zero-order valence-corrected chi connectivity index (χ0v) is 7.60. The summed E-state index contributed by atoms with van der Waals surface area (Å²) < 4.78 is 1.86. The van der Waals surface area contributed by atoms with Crippen LogP contribution in [-0.4, -0.2) is 19.5 Å². The van der Waals surface area contributed by atoms with Gasteiger partial charge in [-0.2, -0.15) is 0 Å². The van der Waals surface area contributed by atoms with Gasteiger partial charge in [0, 0.05) is 18.6 Å². The Labute approximate surface area is 76.3 Å². The largest absolute Gasteiger partial charge is 0.289 e. The minimum atomic E-state index is 0.845. The van der Waals surface area contributed by atoms with Gasteiger partial charge in [0.05, 0.1) is 11.4 Å². The summed E-state index contributed by atoms with van der Waals surface area (Å²) >= 11 is 0. The third kappa shape index (κ3) is 1.42. The maximum atomic E-state index is 4.38. The van der Waals surface area contributed by atoms with Gasteiger partial charge in [0.1, 0.15) is 6.33 Å². The summed E-state index contributed by atoms with van der Waals surface area (Å²) in [6, 6.07) is 0. The molecular weight excluding hydrogens is 164 g/mol. The third-order valence-corrected chi connectivity index (χ3v) is 1.80. The Morgan fingerprint density at radius 1 is 1.31 bits per heavy atom. The molecule has 4 heteroatoms. The van der Waals surface area contributed by atoms with Gasteiger partial charge in [-0.3, -0.25) is 9.55 Å². The summed E-state index contributed by atoms with van der Waals surface area (Å²) in [6.45, 7) is 3.86. The standard InChI is InChI=1S/C9H10N4/c1-7-5-11-8(2)9(12-7)13-4-3-10-6-13/h3-6H,1-2H3. The fourth-order valence-electron chi connectivity index (χ4n) is 1.15. The van der Waals surface area contributed by atoms with E-state index in [1.807, 2.05) is 24.6 Å². The van der Waals surface area contributed by atoms with Crippen LogP contribution >= 0.6 is 0 Å². The van der Waals surface area contributed by atoms with E-state index in [9.17, 15) is 0 Å². The summed E-state index contributed by atoms with van der Waals surface area (Å²) in [6.07, 6.45) is 7.06. The molecule has 66 valence electrons. The summed E-state index contributed by atoms with van der Waals surface area (Å²) in [7, 11) is 0. The first-order valence-corrected chi connectivity index (χ1v) is 4.06. The van der Waals surface area contributed by atoms with Gasteiger partial charge in [0.25, 0.3) is 0 Å². The topological polar surface area (TPSA) is 43.6 Å². The second-order valence-electron chi connectivity index (χ2n) is 2.89. The van der Waals surface area contributed by atoms with E-state index in [1.54, 1.807) is 18.7 Å². The predicted molar refractivity (Wildman–Crippen MR) is 48.6 cm³/mol. The molecule has 2 aromatic heterocycles. The Kier molecular flexibility index (Phi) is 1.81. The molecule has 0 N–H and O–H groups in total. The van der Waals surface area contributed by atoms with Gasteiger partial charge in [0.2, 0.25) is 0 Å². The number of rotatable bonds is 1. The van der Waals surface area contributed by atoms with E-state index in [4.69, 9.17) is 0 Å². The van der Waals surface area contributed by atoms with E-state index < -0.39 is 0 Å². The Morgan fingerprint density at radius 3 is 2.85 bits per heavy atom. The van der Waals surface area contributed by atoms with Crippen molar-refractivity contribution in [3.05, 3.63) is 36.3 Å². The molecule has 0 saturated heterocycles. The number of nitrogens with zero attached hydrogens (tertiary/aromatic N) is 4. The van der Waals surface area contributed by atoms with E-state index >= 15 is 0 Å². The predicted octanol–water partition coefficient (Wildman–Crippen LogP) is 1.28. The molecule has 0 aromatic carbocycles. The lowest BCUT2D eigenvalue weighted by atomic mass is 10.4. The molecule has 2 rings (SSSR count). The molecule has 2 heterocycles. The summed E-state index contributed by atoms with van der Waals surface area (Å²) in [5, 5.41) is 0. The second-order valence-corrected chi connectivity index (χ2v) is 2.89. The van der Waals surface area contributed by atoms with Gasteiger partial charge in [-0.1, -0.05) is 0 Å². The van der Waals surface area contributed by atoms with Crippen molar-refractivity contribution < 1.29 is 0 Å². The molecule has 0 spiro atoms. The van der Waals surface area contributed by atoms with Crippen molar-refractivity contribution in [2.75, 3.05) is 0 Å². The van der Waals surface area contributed by atoms with Gasteiger partial charge in [-0.05, 0) is 13.8 Å². The molecular formula is C9H10N4. The van der Waals surface area contributed by atoms with Gasteiger partial charge >= 0.3 is 0 Å². The third-order valence-electron chi connectivity index (χ3n) is 1.80. The van der Waals surface area contributed by atoms with Crippen molar-refractivity contribution in [2.24, 2.45) is 0 Å². The first-order chi connectivity index (χ1) is 6.27. The van der Waals surface area contributed by atoms with E-state index in [-0.39, 0.29) is 0 Å². The molecule has 4 nitrogen and oxygen atoms in total. The normalized spacial score (nSPS) is 10.3. The van der Waals surface area contributed by atoms with Crippen molar-refractivity contribution in [2.45, 2.75) is 13.8 Å². The van der Waals surface area contributed by atoms with Crippen LogP contribution < -0.4 is 0 Å². The summed E-state index contributed by atoms with van der Waals surface area (Å²) in [5.41, 5.74) is 1.82. The van der Waals surface area contributed by atoms with Crippen LogP contribution in [0.4, 0.5) is 0 Å². The number of aryl methyl sites for hydroxylation is 2. The van der Waals surface area contributed by atoms with Gasteiger partial charge < -0.3 is 0 Å². The van der Waals surface area contributed by atoms with Crippen LogP contribution in [0.5, 0.6) is 0 Å². The van der Waals surface area contributed by atoms with Crippen LogP contribution in [0.2, 0.25) is 0 Å². The first kappa shape index (κ1) is 7.91. The Morgan fingerprint density at radius 2 is 2.15 bits per heavy atom. The SMILES string of the molecule is Cc1cnc(C)c(-n2ccnc2)n1. The smallest absolute Gasteiger partial charge is 0.159 e. The van der Waals surface area contributed by atoms with Crippen LogP contribution in [0.3, 0.4) is 0 Å². The van der Waals surface area contributed by atoms with E-state index in [0.29, 0.717) is 0 Å². The number of imidazole rings is 1. The van der Waals surface area contributed by atoms with Crippen molar-refractivity contribution in [1.29, 1.82) is 0 Å². The van der Waals surface area contributed by atoms with Crippen LogP contribution in [-0.2, 0) is 0 Å². The quantitative estimate of drug-likeness (QED) is 0.654. The van der Waals surface area contributed by atoms with Crippen molar-refractivity contribution in [3.8, 4) is 5.82 Å². The molecule has 2 aromatic rings. The molecule has 0 saturated carbocycles. The highest BCUT2D eigenvalue weighted by atomic mass is 15.1. The van der Waals surface area contributed by atoms with Crippen LogP contribution in [0, 0.1) is 13.8 Å². The molecule has 0 bridgehead atoms. The van der Waals surface area contributed by atoms with E-state index in [2.05, 4.69) is 15.0 Å². The average molecular weight is 174 g/mol. The highest BCUT2D eigenvalue weighted by Crippen LogP contribution is 2.07. The maximum Gasteiger partial charge on any atom is 0.159 e. The van der Waals surface area contributed by atoms with E-state index in [1.165, 1.54) is 0 Å². The van der Waals surface area contributed by atoms with Gasteiger partial charge in [-0.15, -0.1) is 0 Å². The van der Waals surface area contributed by atoms with Gasteiger partial charge in [-0.25, -0.2) is 9.97 Å². The molecule has 0 radical (unpaired) electrons. The number of hydrogen-bond acceptors (Lipinski definition) is 3. The molecule has 0 aliphatic heterocycles. The summed E-state index contributed by atoms with van der Waals surface area (Å²) in [4.78, 5) is 12.6. The Hall–Kier alpha value is -1.71. The van der Waals surface area contributed by atoms with E-state index in [0.717, 1.165) is 17.2 Å². The first-order valence-electron chi connectivity index (χ1n) is 4.06. The average Bonchev–Trinajstić information content (AvgIpc) is 2.61. The summed E-state index contributed by atoms with van der Waals surface area (Å²) in [5.74, 6) is 0.845. The lowest BCUT2D eigenvalue weighted by molar-refractivity contribution is 0.921. The second kappa shape index (κ2) is 2.97. The molecule has 0 unspecified atom stereocenters. The Bertz CT molecular complexity index is 406. The number of hydrogen-bond donors (Lipinski definition) is 0. The Balaban J connectivity index is 2.57. The fraction of sp³-hybridized carbons (Fsp3) is 0.222. The van der Waals surface area contributed by atoms with Crippen molar-refractivity contribution >= 4 is 0 Å². The zero-order chi connectivity index (χ0) is 9.26. The molecule has 0 amide bonds. The zero-order valence-electron chi connectivity index (χ0n) is 7.60. The minimum absolute atomic E-state index is 0.845.